The van der Waals surface area contributed by atoms with E-state index < -0.39 is 10.0 Å². The first-order valence-electron chi connectivity index (χ1n) is 6.16. The lowest BCUT2D eigenvalue weighted by Crippen LogP contribution is -2.32. The van der Waals surface area contributed by atoms with Gasteiger partial charge in [-0.25, -0.2) is 13.1 Å². The Morgan fingerprint density at radius 3 is 2.58 bits per heavy atom. The van der Waals surface area contributed by atoms with Crippen LogP contribution < -0.4 is 10.5 Å². The molecule has 3 N–H and O–H groups in total. The Morgan fingerprint density at radius 1 is 1.53 bits per heavy atom. The summed E-state index contributed by atoms with van der Waals surface area (Å²) in [6.45, 7) is 4.78. The van der Waals surface area contributed by atoms with Gasteiger partial charge in [-0.3, -0.25) is 0 Å². The molecule has 19 heavy (non-hydrogen) atoms. The van der Waals surface area contributed by atoms with Crippen molar-refractivity contribution in [3.05, 3.63) is 17.0 Å². The highest BCUT2D eigenvalue weighted by Crippen LogP contribution is 2.51. The lowest BCUT2D eigenvalue weighted by molar-refractivity contribution is 0.357. The highest BCUT2D eigenvalue weighted by atomic mass is 32.2. The molecular formula is C12H18N2O2S3. The quantitative estimate of drug-likeness (QED) is 0.788. The van der Waals surface area contributed by atoms with Crippen molar-refractivity contribution in [1.82, 2.24) is 4.72 Å². The number of thiocarbonyl (C=S) groups is 1. The second-order valence-corrected chi connectivity index (χ2v) is 8.84. The molecule has 0 unspecified atom stereocenters. The minimum Gasteiger partial charge on any atom is -0.389 e. The van der Waals surface area contributed by atoms with Crippen LogP contribution in [0.5, 0.6) is 0 Å². The van der Waals surface area contributed by atoms with Gasteiger partial charge in [0.25, 0.3) is 0 Å². The van der Waals surface area contributed by atoms with Crippen LogP contribution in [0.2, 0.25) is 0 Å². The molecule has 4 nitrogen and oxygen atoms in total. The highest BCUT2D eigenvalue weighted by Gasteiger charge is 2.45. The molecule has 0 aliphatic heterocycles. The van der Waals surface area contributed by atoms with Crippen molar-refractivity contribution in [2.45, 2.75) is 30.9 Å². The van der Waals surface area contributed by atoms with Gasteiger partial charge < -0.3 is 5.73 Å². The summed E-state index contributed by atoms with van der Waals surface area (Å²) in [5.74, 6) is 0.491. The molecule has 106 valence electrons. The first-order valence-corrected chi connectivity index (χ1v) is 8.87. The van der Waals surface area contributed by atoms with Gasteiger partial charge >= 0.3 is 0 Å². The van der Waals surface area contributed by atoms with Crippen molar-refractivity contribution in [2.24, 2.45) is 17.1 Å². The van der Waals surface area contributed by atoms with E-state index in [0.717, 1.165) is 24.2 Å². The van der Waals surface area contributed by atoms with Crippen molar-refractivity contribution in [2.75, 3.05) is 6.54 Å². The summed E-state index contributed by atoms with van der Waals surface area (Å²) in [7, 11) is -3.45. The van der Waals surface area contributed by atoms with Crippen LogP contribution in [0.25, 0.3) is 0 Å². The summed E-state index contributed by atoms with van der Waals surface area (Å²) >= 11 is 5.95. The van der Waals surface area contributed by atoms with Crippen molar-refractivity contribution < 1.29 is 8.42 Å². The Kier molecular flexibility index (Phi) is 4.02. The number of nitrogens with two attached hydrogens (primary N) is 1. The lowest BCUT2D eigenvalue weighted by atomic mass is 9.93. The van der Waals surface area contributed by atoms with E-state index in [2.05, 4.69) is 18.6 Å². The number of thiophene rings is 1. The molecule has 1 aromatic heterocycles. The van der Waals surface area contributed by atoms with E-state index in [1.807, 2.05) is 0 Å². The topological polar surface area (TPSA) is 72.2 Å². The zero-order valence-corrected chi connectivity index (χ0v) is 13.4. The fourth-order valence-electron chi connectivity index (χ4n) is 2.03. The third kappa shape index (κ3) is 3.16. The summed E-state index contributed by atoms with van der Waals surface area (Å²) in [6.07, 6.45) is 2.19. The first-order chi connectivity index (χ1) is 8.77. The van der Waals surface area contributed by atoms with Crippen LogP contribution in [-0.2, 0) is 10.0 Å². The number of nitrogens with one attached hydrogen (secondary N) is 1. The third-order valence-corrected chi connectivity index (χ3v) is 7.18. The molecule has 0 radical (unpaired) electrons. The van der Waals surface area contributed by atoms with Crippen LogP contribution in [0.3, 0.4) is 0 Å². The average molecular weight is 318 g/mol. The molecule has 1 aliphatic carbocycles. The number of rotatable bonds is 6. The molecule has 0 amide bonds. The molecule has 0 aromatic carbocycles. The van der Waals surface area contributed by atoms with Crippen molar-refractivity contribution in [1.29, 1.82) is 0 Å². The summed E-state index contributed by atoms with van der Waals surface area (Å²) in [5.41, 5.74) is 5.64. The third-order valence-electron chi connectivity index (χ3n) is 3.82. The second-order valence-electron chi connectivity index (χ2n) is 5.32. The summed E-state index contributed by atoms with van der Waals surface area (Å²) in [4.78, 5) is 0.854. The molecule has 0 atom stereocenters. The fourth-order valence-corrected chi connectivity index (χ4v) is 4.56. The summed E-state index contributed by atoms with van der Waals surface area (Å²) in [6, 6.07) is 3.20. The van der Waals surface area contributed by atoms with Gasteiger partial charge in [0, 0.05) is 6.54 Å². The van der Waals surface area contributed by atoms with Crippen molar-refractivity contribution >= 4 is 38.6 Å². The maximum absolute atomic E-state index is 12.2. The van der Waals surface area contributed by atoms with Crippen LogP contribution in [-0.4, -0.2) is 20.0 Å². The van der Waals surface area contributed by atoms with Gasteiger partial charge in [0.2, 0.25) is 10.0 Å². The van der Waals surface area contributed by atoms with Crippen LogP contribution >= 0.6 is 23.6 Å². The van der Waals surface area contributed by atoms with Gasteiger partial charge in [-0.05, 0) is 36.3 Å². The van der Waals surface area contributed by atoms with Crippen molar-refractivity contribution in [3.8, 4) is 0 Å². The Hall–Kier alpha value is -0.500. The van der Waals surface area contributed by atoms with E-state index in [1.54, 1.807) is 12.1 Å². The van der Waals surface area contributed by atoms with Crippen LogP contribution in [0, 0.1) is 11.3 Å². The smallest absolute Gasteiger partial charge is 0.250 e. The lowest BCUT2D eigenvalue weighted by Gasteiger charge is -2.19. The molecule has 2 rings (SSSR count). The molecule has 1 heterocycles. The van der Waals surface area contributed by atoms with Crippen LogP contribution in [0.4, 0.5) is 0 Å². The van der Waals surface area contributed by atoms with Gasteiger partial charge in [0.1, 0.15) is 9.20 Å². The summed E-state index contributed by atoms with van der Waals surface area (Å²) in [5, 5.41) is 0. The molecule has 1 aliphatic rings. The molecule has 1 fully saturated rings. The zero-order valence-electron chi connectivity index (χ0n) is 11.0. The van der Waals surface area contributed by atoms with E-state index in [1.165, 1.54) is 0 Å². The van der Waals surface area contributed by atoms with E-state index in [0.29, 0.717) is 17.3 Å². The van der Waals surface area contributed by atoms with Gasteiger partial charge in [-0.2, -0.15) is 0 Å². The number of hydrogen-bond acceptors (Lipinski definition) is 4. The maximum Gasteiger partial charge on any atom is 0.250 e. The zero-order chi connectivity index (χ0) is 14.3. The van der Waals surface area contributed by atoms with E-state index >= 15 is 0 Å². The Balaban J connectivity index is 2.08. The SMILES string of the molecule is CC(C)C1(CNS(=O)(=O)c2ccc(C(N)=S)s2)CC1. The van der Waals surface area contributed by atoms with E-state index in [9.17, 15) is 8.42 Å². The highest BCUT2D eigenvalue weighted by molar-refractivity contribution is 7.91. The van der Waals surface area contributed by atoms with Crippen LogP contribution in [0.15, 0.2) is 16.3 Å². The van der Waals surface area contributed by atoms with Crippen molar-refractivity contribution in [3.63, 3.8) is 0 Å². The number of sulfonamides is 1. The minimum atomic E-state index is -3.45. The largest absolute Gasteiger partial charge is 0.389 e. The summed E-state index contributed by atoms with van der Waals surface area (Å²) < 4.78 is 27.3. The predicted molar refractivity (Wildman–Crippen MR) is 81.9 cm³/mol. The number of hydrogen-bond donors (Lipinski definition) is 2. The fraction of sp³-hybridized carbons (Fsp3) is 0.583. The van der Waals surface area contributed by atoms with Crippen LogP contribution in [0.1, 0.15) is 31.6 Å². The molecule has 1 aromatic rings. The van der Waals surface area contributed by atoms with Gasteiger partial charge in [-0.15, -0.1) is 11.3 Å². The normalized spacial score (nSPS) is 17.6. The Morgan fingerprint density at radius 2 is 2.16 bits per heavy atom. The predicted octanol–water partition coefficient (Wildman–Crippen LogP) is 2.10. The second kappa shape index (κ2) is 5.12. The van der Waals surface area contributed by atoms with E-state index in [4.69, 9.17) is 18.0 Å². The monoisotopic (exact) mass is 318 g/mol. The molecule has 0 bridgehead atoms. The average Bonchev–Trinajstić information content (AvgIpc) is 2.94. The first kappa shape index (κ1) is 14.9. The standard InChI is InChI=1S/C12H18N2O2S3/c1-8(2)12(5-6-12)7-14-19(15,16)10-4-3-9(18-10)11(13)17/h3-4,8,14H,5-7H2,1-2H3,(H2,13,17). The van der Waals surface area contributed by atoms with E-state index in [-0.39, 0.29) is 14.6 Å². The van der Waals surface area contributed by atoms with Gasteiger partial charge in [0.05, 0.1) is 4.88 Å². The molecule has 0 saturated heterocycles. The van der Waals surface area contributed by atoms with Gasteiger partial charge in [-0.1, -0.05) is 26.1 Å². The maximum atomic E-state index is 12.2. The Labute approximate surface area is 123 Å². The molecule has 1 saturated carbocycles. The Bertz CT molecular complexity index is 586. The molecular weight excluding hydrogens is 300 g/mol. The van der Waals surface area contributed by atoms with Gasteiger partial charge in [0.15, 0.2) is 0 Å². The molecule has 7 heteroatoms. The molecule has 0 spiro atoms. The minimum absolute atomic E-state index is 0.149.